The Morgan fingerprint density at radius 3 is 2.57 bits per heavy atom. The van der Waals surface area contributed by atoms with Crippen molar-refractivity contribution in [2.75, 3.05) is 11.9 Å². The van der Waals surface area contributed by atoms with Crippen LogP contribution >= 0.6 is 11.8 Å². The quantitative estimate of drug-likeness (QED) is 0.413. The minimum absolute atomic E-state index is 0.0329. The Morgan fingerprint density at radius 1 is 1.13 bits per heavy atom. The number of hydrogen-bond donors (Lipinski definition) is 0. The topological polar surface area (TPSA) is 59.2 Å². The van der Waals surface area contributed by atoms with Gasteiger partial charge in [0.15, 0.2) is 5.78 Å². The number of carbonyl (C=O) groups excluding carboxylic acids is 1. The number of allylic oxidation sites excluding steroid dienone is 2. The van der Waals surface area contributed by atoms with Crippen molar-refractivity contribution in [3.8, 4) is 0 Å². The summed E-state index contributed by atoms with van der Waals surface area (Å²) in [6, 6.07) is 18.3. The van der Waals surface area contributed by atoms with Crippen molar-refractivity contribution in [2.45, 2.75) is 43.1 Å². The molecule has 1 aromatic heterocycles. The fraction of sp³-hybridized carbons (Fsp3) is 0.292. The fourth-order valence-corrected chi connectivity index (χ4v) is 4.57. The molecule has 154 valence electrons. The summed E-state index contributed by atoms with van der Waals surface area (Å²) in [5.74, 6) is 0.583. The van der Waals surface area contributed by atoms with Gasteiger partial charge in [-0.25, -0.2) is 0 Å². The largest absolute Gasteiger partial charge is 0.416 e. The predicted octanol–water partition coefficient (Wildman–Crippen LogP) is 5.02. The van der Waals surface area contributed by atoms with Crippen LogP contribution in [-0.4, -0.2) is 28.3 Å². The van der Waals surface area contributed by atoms with E-state index in [9.17, 15) is 4.79 Å². The number of likely N-dealkylation sites (N-methyl/N-ethyl adjacent to an activating group) is 1. The number of fused-ring (bicyclic) bond motifs is 1. The number of para-hydroxylation sites is 1. The van der Waals surface area contributed by atoms with Crippen LogP contribution in [-0.2, 0) is 16.6 Å². The zero-order chi connectivity index (χ0) is 21.3. The molecule has 2 aromatic carbocycles. The molecule has 0 saturated heterocycles. The van der Waals surface area contributed by atoms with Gasteiger partial charge in [-0.3, -0.25) is 4.79 Å². The summed E-state index contributed by atoms with van der Waals surface area (Å²) in [5.41, 5.74) is 4.26. The molecule has 1 atom stereocenters. The lowest BCUT2D eigenvalue weighted by atomic mass is 9.83. The summed E-state index contributed by atoms with van der Waals surface area (Å²) in [7, 11) is 2.01. The second kappa shape index (κ2) is 8.11. The number of ketones is 1. The van der Waals surface area contributed by atoms with Crippen LogP contribution in [0, 0.1) is 0 Å². The minimum Gasteiger partial charge on any atom is -0.416 e. The van der Waals surface area contributed by atoms with E-state index in [1.54, 1.807) is 6.08 Å². The standard InChI is InChI=1S/C24H25N3O2S/c1-16(30-23-26-25-22(29-23)14-17-10-6-5-7-11-17)20(28)15-21-24(2,3)18-12-8-9-13-19(18)27(21)4/h5-13,15-16H,14H2,1-4H3/b21-15-. The molecule has 2 heterocycles. The van der Waals surface area contributed by atoms with Crippen molar-refractivity contribution in [2.24, 2.45) is 0 Å². The van der Waals surface area contributed by atoms with E-state index in [1.165, 1.54) is 17.3 Å². The molecule has 0 fully saturated rings. The number of aromatic nitrogens is 2. The highest BCUT2D eigenvalue weighted by molar-refractivity contribution is 8.00. The predicted molar refractivity (Wildman–Crippen MR) is 120 cm³/mol. The highest BCUT2D eigenvalue weighted by Crippen LogP contribution is 2.46. The number of thioether (sulfide) groups is 1. The van der Waals surface area contributed by atoms with Crippen molar-refractivity contribution in [1.29, 1.82) is 0 Å². The fourth-order valence-electron chi connectivity index (χ4n) is 3.85. The number of benzene rings is 2. The Morgan fingerprint density at radius 2 is 1.83 bits per heavy atom. The van der Waals surface area contributed by atoms with Crippen LogP contribution in [0.25, 0.3) is 0 Å². The lowest BCUT2D eigenvalue weighted by Crippen LogP contribution is -2.25. The number of hydrogen-bond acceptors (Lipinski definition) is 6. The summed E-state index contributed by atoms with van der Waals surface area (Å²) in [4.78, 5) is 15.1. The maximum absolute atomic E-state index is 13.0. The number of carbonyl (C=O) groups is 1. The third kappa shape index (κ3) is 3.92. The van der Waals surface area contributed by atoms with Crippen LogP contribution in [0.5, 0.6) is 0 Å². The number of rotatable bonds is 6. The summed E-state index contributed by atoms with van der Waals surface area (Å²) in [6.07, 6.45) is 2.34. The first kappa shape index (κ1) is 20.4. The second-order valence-corrected chi connectivity index (χ2v) is 9.31. The molecule has 0 saturated carbocycles. The highest BCUT2D eigenvalue weighted by Gasteiger charge is 2.38. The van der Waals surface area contributed by atoms with Gasteiger partial charge in [0.25, 0.3) is 5.22 Å². The normalized spacial score (nSPS) is 17.2. The Kier molecular flexibility index (Phi) is 5.52. The molecule has 0 bridgehead atoms. The van der Waals surface area contributed by atoms with Gasteiger partial charge in [0, 0.05) is 29.9 Å². The summed E-state index contributed by atoms with van der Waals surface area (Å²) >= 11 is 1.30. The molecule has 3 aromatic rings. The summed E-state index contributed by atoms with van der Waals surface area (Å²) in [5, 5.41) is 8.32. The van der Waals surface area contributed by atoms with E-state index in [0.717, 1.165) is 16.9 Å². The Balaban J connectivity index is 1.46. The second-order valence-electron chi connectivity index (χ2n) is 8.02. The average molecular weight is 420 g/mol. The SMILES string of the molecule is CC(Sc1nnc(Cc2ccccc2)o1)C(=O)/C=C1\N(C)c2ccccc2C1(C)C. The molecule has 30 heavy (non-hydrogen) atoms. The van der Waals surface area contributed by atoms with Crippen molar-refractivity contribution in [1.82, 2.24) is 10.2 Å². The first-order valence-electron chi connectivity index (χ1n) is 9.98. The molecular formula is C24H25N3O2S. The van der Waals surface area contributed by atoms with Gasteiger partial charge in [-0.1, -0.05) is 74.1 Å². The smallest absolute Gasteiger partial charge is 0.277 e. The molecule has 0 aliphatic carbocycles. The summed E-state index contributed by atoms with van der Waals surface area (Å²) in [6.45, 7) is 6.18. The Bertz CT molecular complexity index is 1090. The van der Waals surface area contributed by atoms with Gasteiger partial charge in [0.2, 0.25) is 5.89 Å². The van der Waals surface area contributed by atoms with Crippen LogP contribution in [0.3, 0.4) is 0 Å². The van der Waals surface area contributed by atoms with E-state index in [-0.39, 0.29) is 16.4 Å². The van der Waals surface area contributed by atoms with Crippen molar-refractivity contribution < 1.29 is 9.21 Å². The first-order valence-corrected chi connectivity index (χ1v) is 10.9. The monoisotopic (exact) mass is 419 g/mol. The molecule has 5 nitrogen and oxygen atoms in total. The van der Waals surface area contributed by atoms with Gasteiger partial charge < -0.3 is 9.32 Å². The Labute approximate surface area is 181 Å². The molecule has 1 unspecified atom stereocenters. The molecule has 0 spiro atoms. The lowest BCUT2D eigenvalue weighted by molar-refractivity contribution is -0.114. The van der Waals surface area contributed by atoms with Gasteiger partial charge in [0.1, 0.15) is 0 Å². The lowest BCUT2D eigenvalue weighted by Gasteiger charge is -2.24. The molecule has 6 heteroatoms. The van der Waals surface area contributed by atoms with Gasteiger partial charge >= 0.3 is 0 Å². The maximum Gasteiger partial charge on any atom is 0.277 e. The van der Waals surface area contributed by atoms with Crippen LogP contribution < -0.4 is 4.90 Å². The molecular weight excluding hydrogens is 394 g/mol. The van der Waals surface area contributed by atoms with Crippen molar-refractivity contribution in [3.05, 3.63) is 83.4 Å². The third-order valence-corrected chi connectivity index (χ3v) is 6.50. The Hall–Kier alpha value is -2.86. The zero-order valence-corrected chi connectivity index (χ0v) is 18.4. The number of anilines is 1. The van der Waals surface area contributed by atoms with Crippen LogP contribution in [0.4, 0.5) is 5.69 Å². The molecule has 0 amide bonds. The highest BCUT2D eigenvalue weighted by atomic mass is 32.2. The van der Waals surface area contributed by atoms with E-state index in [2.05, 4.69) is 41.1 Å². The van der Waals surface area contributed by atoms with Crippen molar-refractivity contribution >= 4 is 23.2 Å². The molecule has 0 N–H and O–H groups in total. The molecule has 4 rings (SSSR count). The molecule has 1 aliphatic heterocycles. The maximum atomic E-state index is 13.0. The summed E-state index contributed by atoms with van der Waals surface area (Å²) < 4.78 is 5.75. The van der Waals surface area contributed by atoms with Gasteiger partial charge in [-0.05, 0) is 24.1 Å². The van der Waals surface area contributed by atoms with Crippen LogP contribution in [0.2, 0.25) is 0 Å². The average Bonchev–Trinajstić information content (AvgIpc) is 3.25. The first-order chi connectivity index (χ1) is 14.4. The van der Waals surface area contributed by atoms with Crippen molar-refractivity contribution in [3.63, 3.8) is 0 Å². The minimum atomic E-state index is -0.324. The van der Waals surface area contributed by atoms with Gasteiger partial charge in [0.05, 0.1) is 11.7 Å². The van der Waals surface area contributed by atoms with Crippen LogP contribution in [0.15, 0.2) is 76.0 Å². The third-order valence-electron chi connectivity index (χ3n) is 5.54. The van der Waals surface area contributed by atoms with E-state index < -0.39 is 0 Å². The van der Waals surface area contributed by atoms with Gasteiger partial charge in [-0.2, -0.15) is 0 Å². The van der Waals surface area contributed by atoms with E-state index in [1.807, 2.05) is 56.4 Å². The molecule has 0 radical (unpaired) electrons. The number of nitrogens with zero attached hydrogens (tertiary/aromatic N) is 3. The zero-order valence-electron chi connectivity index (χ0n) is 17.6. The van der Waals surface area contributed by atoms with E-state index in [4.69, 9.17) is 4.42 Å². The molecule has 1 aliphatic rings. The van der Waals surface area contributed by atoms with Crippen LogP contribution in [0.1, 0.15) is 37.8 Å². The van der Waals surface area contributed by atoms with E-state index >= 15 is 0 Å². The van der Waals surface area contributed by atoms with Gasteiger partial charge in [-0.15, -0.1) is 10.2 Å². The van der Waals surface area contributed by atoms with E-state index in [0.29, 0.717) is 17.5 Å².